The number of halogens is 1. The number of benzene rings is 1. The molecular weight excluding hydrogens is 272 g/mol. The Labute approximate surface area is 102 Å². The second-order valence-corrected chi connectivity index (χ2v) is 4.54. The topological polar surface area (TPSA) is 28.7 Å². The van der Waals surface area contributed by atoms with Gasteiger partial charge < -0.3 is 4.98 Å². The number of nitrogens with one attached hydrogen (secondary N) is 1. The zero-order valence-electron chi connectivity index (χ0n) is 8.12. The SMILES string of the molecule is Cc1ccc(-c2ncc(Br)c(=S)[nH]2)cc1. The van der Waals surface area contributed by atoms with E-state index in [-0.39, 0.29) is 0 Å². The molecule has 76 valence electrons. The summed E-state index contributed by atoms with van der Waals surface area (Å²) in [5.74, 6) is 0.795. The minimum absolute atomic E-state index is 0.667. The average molecular weight is 281 g/mol. The van der Waals surface area contributed by atoms with Crippen molar-refractivity contribution >= 4 is 28.1 Å². The Morgan fingerprint density at radius 1 is 1.27 bits per heavy atom. The van der Waals surface area contributed by atoms with Crippen molar-refractivity contribution in [3.63, 3.8) is 0 Å². The third-order valence-corrected chi connectivity index (χ3v) is 3.27. The molecule has 2 rings (SSSR count). The third-order valence-electron chi connectivity index (χ3n) is 2.08. The van der Waals surface area contributed by atoms with E-state index >= 15 is 0 Å². The molecule has 0 radical (unpaired) electrons. The summed E-state index contributed by atoms with van der Waals surface area (Å²) in [6, 6.07) is 8.15. The van der Waals surface area contributed by atoms with Gasteiger partial charge in [0.1, 0.15) is 10.5 Å². The molecule has 4 heteroatoms. The van der Waals surface area contributed by atoms with Gasteiger partial charge in [-0.15, -0.1) is 0 Å². The first kappa shape index (κ1) is 10.5. The molecule has 0 fully saturated rings. The summed E-state index contributed by atoms with van der Waals surface area (Å²) in [5.41, 5.74) is 2.27. The molecule has 1 aromatic heterocycles. The van der Waals surface area contributed by atoms with Crippen LogP contribution in [0.3, 0.4) is 0 Å². The second-order valence-electron chi connectivity index (χ2n) is 3.27. The molecule has 2 aromatic rings. The molecule has 0 unspecified atom stereocenters. The van der Waals surface area contributed by atoms with E-state index < -0.39 is 0 Å². The highest BCUT2D eigenvalue weighted by atomic mass is 79.9. The summed E-state index contributed by atoms with van der Waals surface area (Å²) in [6.45, 7) is 2.06. The normalized spacial score (nSPS) is 10.3. The van der Waals surface area contributed by atoms with Crippen LogP contribution in [0.4, 0.5) is 0 Å². The Bertz CT molecular complexity index is 531. The first-order valence-electron chi connectivity index (χ1n) is 4.48. The number of hydrogen-bond donors (Lipinski definition) is 1. The number of H-pyrrole nitrogens is 1. The van der Waals surface area contributed by atoms with E-state index in [4.69, 9.17) is 12.2 Å². The summed E-state index contributed by atoms with van der Waals surface area (Å²) in [7, 11) is 0. The van der Waals surface area contributed by atoms with Crippen molar-refractivity contribution in [2.45, 2.75) is 6.92 Å². The van der Waals surface area contributed by atoms with Crippen LogP contribution in [0.1, 0.15) is 5.56 Å². The Morgan fingerprint density at radius 3 is 2.53 bits per heavy atom. The van der Waals surface area contributed by atoms with Crippen LogP contribution in [0, 0.1) is 11.6 Å². The van der Waals surface area contributed by atoms with Crippen molar-refractivity contribution in [2.75, 3.05) is 0 Å². The summed E-state index contributed by atoms with van der Waals surface area (Å²) in [4.78, 5) is 7.34. The fraction of sp³-hybridized carbons (Fsp3) is 0.0909. The molecule has 1 aromatic carbocycles. The van der Waals surface area contributed by atoms with Gasteiger partial charge in [0.2, 0.25) is 0 Å². The predicted octanol–water partition coefficient (Wildman–Crippen LogP) is 3.88. The molecule has 0 aliphatic carbocycles. The number of aromatic amines is 1. The van der Waals surface area contributed by atoms with Crippen LogP contribution >= 0.6 is 28.1 Å². The molecule has 0 amide bonds. The molecular formula is C11H9BrN2S. The molecule has 0 spiro atoms. The van der Waals surface area contributed by atoms with Gasteiger partial charge in [-0.25, -0.2) is 4.98 Å². The van der Waals surface area contributed by atoms with Crippen LogP contribution in [-0.4, -0.2) is 9.97 Å². The van der Waals surface area contributed by atoms with Crippen LogP contribution in [0.25, 0.3) is 11.4 Å². The highest BCUT2D eigenvalue weighted by Gasteiger charge is 2.00. The lowest BCUT2D eigenvalue weighted by Crippen LogP contribution is -1.89. The van der Waals surface area contributed by atoms with Crippen LogP contribution in [-0.2, 0) is 0 Å². The first-order valence-corrected chi connectivity index (χ1v) is 5.69. The van der Waals surface area contributed by atoms with E-state index in [1.165, 1.54) is 5.56 Å². The second kappa shape index (κ2) is 4.24. The van der Waals surface area contributed by atoms with Crippen molar-refractivity contribution in [1.82, 2.24) is 9.97 Å². The lowest BCUT2D eigenvalue weighted by Gasteiger charge is -2.01. The fourth-order valence-corrected chi connectivity index (χ4v) is 1.59. The van der Waals surface area contributed by atoms with Crippen LogP contribution in [0.15, 0.2) is 34.9 Å². The quantitative estimate of drug-likeness (QED) is 0.804. The van der Waals surface area contributed by atoms with Crippen molar-refractivity contribution in [1.29, 1.82) is 0 Å². The zero-order chi connectivity index (χ0) is 10.8. The van der Waals surface area contributed by atoms with E-state index in [1.807, 2.05) is 12.1 Å². The van der Waals surface area contributed by atoms with Crippen molar-refractivity contribution in [3.8, 4) is 11.4 Å². The summed E-state index contributed by atoms with van der Waals surface area (Å²) in [5, 5.41) is 0. The Balaban J connectivity index is 2.50. The highest BCUT2D eigenvalue weighted by Crippen LogP contribution is 2.17. The molecule has 0 saturated carbocycles. The van der Waals surface area contributed by atoms with Gasteiger partial charge in [0.05, 0.1) is 4.47 Å². The maximum Gasteiger partial charge on any atom is 0.138 e. The Hall–Kier alpha value is -1.00. The monoisotopic (exact) mass is 280 g/mol. The van der Waals surface area contributed by atoms with Gasteiger partial charge >= 0.3 is 0 Å². The Kier molecular flexibility index (Phi) is 2.98. The van der Waals surface area contributed by atoms with E-state index in [2.05, 4.69) is 45.0 Å². The van der Waals surface area contributed by atoms with Gasteiger partial charge in [-0.05, 0) is 22.9 Å². The maximum absolute atomic E-state index is 5.12. The largest absolute Gasteiger partial charge is 0.330 e. The van der Waals surface area contributed by atoms with E-state index in [1.54, 1.807) is 6.20 Å². The molecule has 2 nitrogen and oxygen atoms in total. The van der Waals surface area contributed by atoms with Gasteiger partial charge in [0, 0.05) is 11.8 Å². The molecule has 15 heavy (non-hydrogen) atoms. The molecule has 0 bridgehead atoms. The van der Waals surface area contributed by atoms with Crippen molar-refractivity contribution < 1.29 is 0 Å². The van der Waals surface area contributed by atoms with Crippen molar-refractivity contribution in [2.24, 2.45) is 0 Å². The molecule has 0 atom stereocenters. The standard InChI is InChI=1S/C11H9BrN2S/c1-7-2-4-8(5-3-7)10-13-6-9(12)11(15)14-10/h2-6H,1H3,(H,13,14,15). The molecule has 0 aliphatic rings. The predicted molar refractivity (Wildman–Crippen MR) is 67.3 cm³/mol. The van der Waals surface area contributed by atoms with Crippen LogP contribution < -0.4 is 0 Å². The fourth-order valence-electron chi connectivity index (χ4n) is 1.24. The van der Waals surface area contributed by atoms with E-state index in [0.29, 0.717) is 4.64 Å². The maximum atomic E-state index is 5.12. The lowest BCUT2D eigenvalue weighted by molar-refractivity contribution is 1.14. The number of aromatic nitrogens is 2. The van der Waals surface area contributed by atoms with Crippen LogP contribution in [0.2, 0.25) is 0 Å². The molecule has 1 heterocycles. The third kappa shape index (κ3) is 2.33. The van der Waals surface area contributed by atoms with Crippen LogP contribution in [0.5, 0.6) is 0 Å². The van der Waals surface area contributed by atoms with Gasteiger partial charge in [-0.1, -0.05) is 42.0 Å². The van der Waals surface area contributed by atoms with Gasteiger partial charge in [-0.3, -0.25) is 0 Å². The first-order chi connectivity index (χ1) is 7.16. The molecule has 1 N–H and O–H groups in total. The van der Waals surface area contributed by atoms with Crippen molar-refractivity contribution in [3.05, 3.63) is 45.1 Å². The minimum Gasteiger partial charge on any atom is -0.330 e. The smallest absolute Gasteiger partial charge is 0.138 e. The number of rotatable bonds is 1. The number of hydrogen-bond acceptors (Lipinski definition) is 2. The Morgan fingerprint density at radius 2 is 1.93 bits per heavy atom. The summed E-state index contributed by atoms with van der Waals surface area (Å²) < 4.78 is 1.48. The summed E-state index contributed by atoms with van der Waals surface area (Å²) >= 11 is 8.44. The number of aryl methyl sites for hydroxylation is 1. The van der Waals surface area contributed by atoms with Gasteiger partial charge in [0.15, 0.2) is 0 Å². The molecule has 0 aliphatic heterocycles. The molecule has 0 saturated heterocycles. The van der Waals surface area contributed by atoms with E-state index in [0.717, 1.165) is 15.9 Å². The highest BCUT2D eigenvalue weighted by molar-refractivity contribution is 9.10. The van der Waals surface area contributed by atoms with E-state index in [9.17, 15) is 0 Å². The van der Waals surface area contributed by atoms with Gasteiger partial charge in [0.25, 0.3) is 0 Å². The zero-order valence-corrected chi connectivity index (χ0v) is 10.5. The summed E-state index contributed by atoms with van der Waals surface area (Å²) in [6.07, 6.45) is 1.72. The number of nitrogens with zero attached hydrogens (tertiary/aromatic N) is 1. The van der Waals surface area contributed by atoms with Gasteiger partial charge in [-0.2, -0.15) is 0 Å². The minimum atomic E-state index is 0.667. The lowest BCUT2D eigenvalue weighted by atomic mass is 10.1. The average Bonchev–Trinajstić information content (AvgIpc) is 2.23.